The lowest BCUT2D eigenvalue weighted by molar-refractivity contribution is 0.0486. The molecule has 0 atom stereocenters. The Morgan fingerprint density at radius 2 is 1.59 bits per heavy atom. The van der Waals surface area contributed by atoms with Crippen LogP contribution in [0.3, 0.4) is 0 Å². The molecule has 0 radical (unpaired) electrons. The van der Waals surface area contributed by atoms with Crippen LogP contribution < -0.4 is 5.73 Å². The van der Waals surface area contributed by atoms with Gasteiger partial charge in [0.05, 0.1) is 0 Å². The topological polar surface area (TPSA) is 26.0 Å². The standard InChI is InChI=1S/C14H19F2N/c1-13(2,3)10-7-14(17,8-10)9-4-11(15)6-12(16)5-9/h4-6,10H,7-8,17H2,1-3H3. The maximum Gasteiger partial charge on any atom is 0.126 e. The molecule has 2 N–H and O–H groups in total. The van der Waals surface area contributed by atoms with E-state index in [0.29, 0.717) is 11.5 Å². The zero-order valence-corrected chi connectivity index (χ0v) is 10.6. The van der Waals surface area contributed by atoms with Crippen LogP contribution in [0.5, 0.6) is 0 Å². The first-order chi connectivity index (χ1) is 7.71. The van der Waals surface area contributed by atoms with Gasteiger partial charge in [-0.2, -0.15) is 0 Å². The Labute approximate surface area is 101 Å². The summed E-state index contributed by atoms with van der Waals surface area (Å²) in [5, 5.41) is 0. The molecule has 0 saturated heterocycles. The summed E-state index contributed by atoms with van der Waals surface area (Å²) >= 11 is 0. The molecule has 94 valence electrons. The van der Waals surface area contributed by atoms with Crippen LogP contribution in [0.1, 0.15) is 39.2 Å². The molecule has 1 aliphatic carbocycles. The van der Waals surface area contributed by atoms with E-state index in [1.54, 1.807) is 0 Å². The number of hydrogen-bond donors (Lipinski definition) is 1. The van der Waals surface area contributed by atoms with Crippen molar-refractivity contribution < 1.29 is 8.78 Å². The highest BCUT2D eigenvalue weighted by Gasteiger charge is 2.47. The van der Waals surface area contributed by atoms with E-state index in [2.05, 4.69) is 20.8 Å². The quantitative estimate of drug-likeness (QED) is 0.796. The molecule has 0 unspecified atom stereocenters. The van der Waals surface area contributed by atoms with E-state index in [-0.39, 0.29) is 5.41 Å². The minimum absolute atomic E-state index is 0.203. The molecule has 0 amide bonds. The fraction of sp³-hybridized carbons (Fsp3) is 0.571. The molecule has 17 heavy (non-hydrogen) atoms. The van der Waals surface area contributed by atoms with Crippen LogP contribution in [0, 0.1) is 23.0 Å². The average Bonchev–Trinajstić information content (AvgIpc) is 2.09. The van der Waals surface area contributed by atoms with Crippen molar-refractivity contribution in [2.75, 3.05) is 0 Å². The third-order valence-corrected chi connectivity index (χ3v) is 3.88. The first-order valence-electron chi connectivity index (χ1n) is 5.96. The van der Waals surface area contributed by atoms with E-state index < -0.39 is 17.2 Å². The van der Waals surface area contributed by atoms with Gasteiger partial charge in [0.15, 0.2) is 0 Å². The number of nitrogens with two attached hydrogens (primary N) is 1. The summed E-state index contributed by atoms with van der Waals surface area (Å²) in [5.41, 5.74) is 6.44. The molecule has 0 bridgehead atoms. The van der Waals surface area contributed by atoms with Crippen LogP contribution in [-0.2, 0) is 5.54 Å². The first-order valence-corrected chi connectivity index (χ1v) is 5.96. The maximum atomic E-state index is 13.2. The highest BCUT2D eigenvalue weighted by Crippen LogP contribution is 2.51. The Morgan fingerprint density at radius 3 is 2.00 bits per heavy atom. The van der Waals surface area contributed by atoms with Gasteiger partial charge < -0.3 is 5.73 Å². The van der Waals surface area contributed by atoms with Gasteiger partial charge >= 0.3 is 0 Å². The lowest BCUT2D eigenvalue weighted by Crippen LogP contribution is -2.52. The van der Waals surface area contributed by atoms with Gasteiger partial charge in [0.25, 0.3) is 0 Å². The van der Waals surface area contributed by atoms with Crippen molar-refractivity contribution in [3.63, 3.8) is 0 Å². The molecule has 1 saturated carbocycles. The molecule has 3 heteroatoms. The van der Waals surface area contributed by atoms with Crippen molar-refractivity contribution in [1.29, 1.82) is 0 Å². The molecule has 0 aliphatic heterocycles. The highest BCUT2D eigenvalue weighted by atomic mass is 19.1. The van der Waals surface area contributed by atoms with Crippen LogP contribution in [0.25, 0.3) is 0 Å². The minimum atomic E-state index is -0.555. The van der Waals surface area contributed by atoms with E-state index in [1.165, 1.54) is 12.1 Å². The predicted octanol–water partition coefficient (Wildman–Crippen LogP) is 3.57. The molecule has 1 aromatic carbocycles. The van der Waals surface area contributed by atoms with Gasteiger partial charge in [-0.15, -0.1) is 0 Å². The Bertz CT molecular complexity index is 408. The van der Waals surface area contributed by atoms with Crippen LogP contribution in [0.2, 0.25) is 0 Å². The first kappa shape index (κ1) is 12.5. The van der Waals surface area contributed by atoms with E-state index in [0.717, 1.165) is 18.9 Å². The number of halogens is 2. The molecule has 1 nitrogen and oxygen atoms in total. The number of rotatable bonds is 1. The van der Waals surface area contributed by atoms with Crippen molar-refractivity contribution in [2.24, 2.45) is 17.1 Å². The number of benzene rings is 1. The predicted molar refractivity (Wildman–Crippen MR) is 64.4 cm³/mol. The molecule has 1 aliphatic rings. The van der Waals surface area contributed by atoms with Gasteiger partial charge in [-0.3, -0.25) is 0 Å². The molecule has 1 fully saturated rings. The molecule has 0 aromatic heterocycles. The monoisotopic (exact) mass is 239 g/mol. The zero-order valence-electron chi connectivity index (χ0n) is 10.6. The second-order valence-corrected chi connectivity index (χ2v) is 6.29. The SMILES string of the molecule is CC(C)(C)C1CC(N)(c2cc(F)cc(F)c2)C1. The lowest BCUT2D eigenvalue weighted by atomic mass is 9.57. The molecule has 0 heterocycles. The minimum Gasteiger partial charge on any atom is -0.321 e. The molecule has 2 rings (SSSR count). The van der Waals surface area contributed by atoms with Crippen molar-refractivity contribution in [2.45, 2.75) is 39.2 Å². The normalized spacial score (nSPS) is 28.9. The van der Waals surface area contributed by atoms with Gasteiger partial charge in [0.1, 0.15) is 11.6 Å². The lowest BCUT2D eigenvalue weighted by Gasteiger charge is -2.51. The summed E-state index contributed by atoms with van der Waals surface area (Å²) in [5.74, 6) is -0.591. The maximum absolute atomic E-state index is 13.2. The average molecular weight is 239 g/mol. The largest absolute Gasteiger partial charge is 0.321 e. The van der Waals surface area contributed by atoms with E-state index in [4.69, 9.17) is 5.73 Å². The van der Waals surface area contributed by atoms with Crippen molar-refractivity contribution in [3.8, 4) is 0 Å². The van der Waals surface area contributed by atoms with Crippen molar-refractivity contribution in [1.82, 2.24) is 0 Å². The van der Waals surface area contributed by atoms with Crippen molar-refractivity contribution >= 4 is 0 Å². The van der Waals surface area contributed by atoms with E-state index in [9.17, 15) is 8.78 Å². The van der Waals surface area contributed by atoms with Crippen LogP contribution in [0.4, 0.5) is 8.78 Å². The summed E-state index contributed by atoms with van der Waals surface area (Å²) in [6.45, 7) is 6.51. The summed E-state index contributed by atoms with van der Waals surface area (Å²) in [4.78, 5) is 0. The van der Waals surface area contributed by atoms with Gasteiger partial charge in [0.2, 0.25) is 0 Å². The van der Waals surface area contributed by atoms with Gasteiger partial charge in [-0.1, -0.05) is 20.8 Å². The van der Waals surface area contributed by atoms with Crippen LogP contribution in [-0.4, -0.2) is 0 Å². The van der Waals surface area contributed by atoms with Crippen LogP contribution in [0.15, 0.2) is 18.2 Å². The molecule has 1 aromatic rings. The highest BCUT2D eigenvalue weighted by molar-refractivity contribution is 5.29. The summed E-state index contributed by atoms with van der Waals surface area (Å²) in [6.07, 6.45) is 1.58. The molecule has 0 spiro atoms. The Morgan fingerprint density at radius 1 is 1.12 bits per heavy atom. The van der Waals surface area contributed by atoms with E-state index >= 15 is 0 Å². The summed E-state index contributed by atoms with van der Waals surface area (Å²) < 4.78 is 26.3. The van der Waals surface area contributed by atoms with Gasteiger partial charge in [0, 0.05) is 11.6 Å². The fourth-order valence-electron chi connectivity index (χ4n) is 2.51. The molecular formula is C14H19F2N. The summed E-state index contributed by atoms with van der Waals surface area (Å²) in [6, 6.07) is 3.58. The Balaban J connectivity index is 2.20. The Hall–Kier alpha value is -0.960. The van der Waals surface area contributed by atoms with Crippen LogP contribution >= 0.6 is 0 Å². The summed E-state index contributed by atoms with van der Waals surface area (Å²) in [7, 11) is 0. The van der Waals surface area contributed by atoms with Crippen molar-refractivity contribution in [3.05, 3.63) is 35.4 Å². The second-order valence-electron chi connectivity index (χ2n) is 6.29. The van der Waals surface area contributed by atoms with E-state index in [1.807, 2.05) is 0 Å². The third-order valence-electron chi connectivity index (χ3n) is 3.88. The third kappa shape index (κ3) is 2.34. The second kappa shape index (κ2) is 3.77. The smallest absolute Gasteiger partial charge is 0.126 e. The van der Waals surface area contributed by atoms with Gasteiger partial charge in [-0.25, -0.2) is 8.78 Å². The molecular weight excluding hydrogens is 220 g/mol. The zero-order chi connectivity index (χ0) is 12.8. The number of hydrogen-bond acceptors (Lipinski definition) is 1. The van der Waals surface area contributed by atoms with Gasteiger partial charge in [-0.05, 0) is 41.9 Å². The Kier molecular flexibility index (Phi) is 2.77. The fourth-order valence-corrected chi connectivity index (χ4v) is 2.51.